The van der Waals surface area contributed by atoms with Gasteiger partial charge in [0, 0.05) is 16.7 Å². The van der Waals surface area contributed by atoms with Crippen LogP contribution in [0, 0.1) is 0 Å². The fraction of sp³-hybridized carbons (Fsp3) is 0. The van der Waals surface area contributed by atoms with E-state index in [9.17, 15) is 0 Å². The van der Waals surface area contributed by atoms with E-state index < -0.39 is 0 Å². The topological polar surface area (TPSA) is 38.7 Å². The second kappa shape index (κ2) is 11.0. The molecule has 0 saturated heterocycles. The number of aromatic nitrogens is 3. The number of hydrogen-bond acceptors (Lipinski definition) is 3. The highest BCUT2D eigenvalue weighted by atomic mass is 15.0. The van der Waals surface area contributed by atoms with E-state index in [1.54, 1.807) is 0 Å². The zero-order chi connectivity index (χ0) is 29.3. The van der Waals surface area contributed by atoms with Crippen LogP contribution in [0.25, 0.3) is 78.0 Å². The molecule has 0 aliphatic rings. The molecule has 0 atom stereocenters. The Hall–Kier alpha value is -5.93. The maximum Gasteiger partial charge on any atom is 0.164 e. The summed E-state index contributed by atoms with van der Waals surface area (Å²) < 4.78 is 0. The monoisotopic (exact) mass is 561 g/mol. The van der Waals surface area contributed by atoms with Gasteiger partial charge in [-0.25, -0.2) is 15.0 Å². The van der Waals surface area contributed by atoms with Crippen LogP contribution in [-0.4, -0.2) is 15.0 Å². The van der Waals surface area contributed by atoms with Crippen LogP contribution in [0.15, 0.2) is 164 Å². The molecule has 8 rings (SSSR count). The van der Waals surface area contributed by atoms with E-state index in [0.29, 0.717) is 17.5 Å². The summed E-state index contributed by atoms with van der Waals surface area (Å²) in [6.45, 7) is 0. The van der Waals surface area contributed by atoms with Crippen molar-refractivity contribution in [2.75, 3.05) is 0 Å². The summed E-state index contributed by atoms with van der Waals surface area (Å²) in [5, 5.41) is 4.60. The molecular weight excluding hydrogens is 534 g/mol. The van der Waals surface area contributed by atoms with Crippen LogP contribution in [0.2, 0.25) is 0 Å². The second-order valence-electron chi connectivity index (χ2n) is 10.9. The molecule has 7 aromatic carbocycles. The smallest absolute Gasteiger partial charge is 0.164 e. The summed E-state index contributed by atoms with van der Waals surface area (Å²) in [5.74, 6) is 1.95. The molecular formula is C41H27N3. The number of fused-ring (bicyclic) bond motifs is 2. The molecule has 0 N–H and O–H groups in total. The van der Waals surface area contributed by atoms with E-state index in [0.717, 1.165) is 44.0 Å². The molecule has 1 heterocycles. The summed E-state index contributed by atoms with van der Waals surface area (Å²) in [6, 6.07) is 57.0. The third-order valence-electron chi connectivity index (χ3n) is 8.12. The fourth-order valence-electron chi connectivity index (χ4n) is 5.91. The first-order valence-electron chi connectivity index (χ1n) is 14.8. The Morgan fingerprint density at radius 1 is 0.273 bits per heavy atom. The van der Waals surface area contributed by atoms with Gasteiger partial charge in [-0.3, -0.25) is 0 Å². The highest BCUT2D eigenvalue weighted by molar-refractivity contribution is 6.04. The van der Waals surface area contributed by atoms with Gasteiger partial charge in [0.05, 0.1) is 0 Å². The fourth-order valence-corrected chi connectivity index (χ4v) is 5.91. The average Bonchev–Trinajstić information content (AvgIpc) is 3.11. The molecule has 3 nitrogen and oxygen atoms in total. The average molecular weight is 562 g/mol. The van der Waals surface area contributed by atoms with Crippen molar-refractivity contribution in [3.63, 3.8) is 0 Å². The van der Waals surface area contributed by atoms with Crippen LogP contribution in [0.3, 0.4) is 0 Å². The number of hydrogen-bond donors (Lipinski definition) is 0. The van der Waals surface area contributed by atoms with Crippen LogP contribution < -0.4 is 0 Å². The minimum atomic E-state index is 0.646. The minimum Gasteiger partial charge on any atom is -0.208 e. The van der Waals surface area contributed by atoms with Gasteiger partial charge in [-0.1, -0.05) is 146 Å². The lowest BCUT2D eigenvalue weighted by Gasteiger charge is -2.13. The van der Waals surface area contributed by atoms with Crippen LogP contribution in [0.4, 0.5) is 0 Å². The Balaban J connectivity index is 1.35. The second-order valence-corrected chi connectivity index (χ2v) is 10.9. The molecule has 1 aromatic heterocycles. The van der Waals surface area contributed by atoms with Crippen molar-refractivity contribution in [2.24, 2.45) is 0 Å². The van der Waals surface area contributed by atoms with Gasteiger partial charge in [-0.15, -0.1) is 0 Å². The molecule has 0 saturated carbocycles. The lowest BCUT2D eigenvalue weighted by molar-refractivity contribution is 1.08. The van der Waals surface area contributed by atoms with Gasteiger partial charge in [-0.2, -0.15) is 0 Å². The predicted octanol–water partition coefficient (Wildman–Crippen LogP) is 10.5. The maximum absolute atomic E-state index is 5.13. The van der Waals surface area contributed by atoms with E-state index >= 15 is 0 Å². The van der Waals surface area contributed by atoms with Crippen LogP contribution in [0.1, 0.15) is 0 Å². The first kappa shape index (κ1) is 25.8. The molecule has 44 heavy (non-hydrogen) atoms. The van der Waals surface area contributed by atoms with Gasteiger partial charge in [0.15, 0.2) is 17.5 Å². The van der Waals surface area contributed by atoms with Gasteiger partial charge < -0.3 is 0 Å². The van der Waals surface area contributed by atoms with E-state index in [1.807, 2.05) is 12.1 Å². The standard InChI is InChI=1S/C41H27N3/c1-3-12-28(13-4-1)32-18-11-19-33(26-32)39-42-40(34-23-22-29-14-7-8-17-31(29)27-34)44-41(43-39)38-25-24-35(30-15-5-2-6-16-30)36-20-9-10-21-37(36)38/h1-27H. The molecule has 0 bridgehead atoms. The van der Waals surface area contributed by atoms with Gasteiger partial charge in [0.2, 0.25) is 0 Å². The molecule has 0 aliphatic carbocycles. The predicted molar refractivity (Wildman–Crippen MR) is 182 cm³/mol. The molecule has 0 aliphatic heterocycles. The van der Waals surface area contributed by atoms with Crippen molar-refractivity contribution in [2.45, 2.75) is 0 Å². The Morgan fingerprint density at radius 2 is 0.795 bits per heavy atom. The molecule has 3 heteroatoms. The third kappa shape index (κ3) is 4.81. The van der Waals surface area contributed by atoms with Crippen LogP contribution in [-0.2, 0) is 0 Å². The third-order valence-corrected chi connectivity index (χ3v) is 8.12. The Kier molecular flexibility index (Phi) is 6.47. The number of nitrogens with zero attached hydrogens (tertiary/aromatic N) is 3. The maximum atomic E-state index is 5.13. The lowest BCUT2D eigenvalue weighted by Crippen LogP contribution is -2.01. The van der Waals surface area contributed by atoms with Crippen molar-refractivity contribution in [1.82, 2.24) is 15.0 Å². The van der Waals surface area contributed by atoms with Crippen molar-refractivity contribution in [3.05, 3.63) is 164 Å². The lowest BCUT2D eigenvalue weighted by atomic mass is 9.94. The Bertz CT molecular complexity index is 2270. The van der Waals surface area contributed by atoms with E-state index in [4.69, 9.17) is 15.0 Å². The summed E-state index contributed by atoms with van der Waals surface area (Å²) in [6.07, 6.45) is 0. The number of benzene rings is 7. The van der Waals surface area contributed by atoms with Crippen molar-refractivity contribution < 1.29 is 0 Å². The first-order valence-corrected chi connectivity index (χ1v) is 14.8. The Morgan fingerprint density at radius 3 is 1.55 bits per heavy atom. The zero-order valence-corrected chi connectivity index (χ0v) is 23.9. The highest BCUT2D eigenvalue weighted by Gasteiger charge is 2.16. The quantitative estimate of drug-likeness (QED) is 0.210. The SMILES string of the molecule is c1ccc(-c2cccc(-c3nc(-c4ccc5ccccc5c4)nc(-c4ccc(-c5ccccc5)c5ccccc45)n3)c2)cc1. The van der Waals surface area contributed by atoms with Crippen molar-refractivity contribution in [3.8, 4) is 56.4 Å². The molecule has 0 radical (unpaired) electrons. The summed E-state index contributed by atoms with van der Waals surface area (Å²) >= 11 is 0. The normalized spacial score (nSPS) is 11.2. The zero-order valence-electron chi connectivity index (χ0n) is 23.9. The molecule has 0 spiro atoms. The molecule has 0 fully saturated rings. The first-order chi connectivity index (χ1) is 21.8. The number of rotatable bonds is 5. The van der Waals surface area contributed by atoms with Crippen molar-refractivity contribution in [1.29, 1.82) is 0 Å². The highest BCUT2D eigenvalue weighted by Crippen LogP contribution is 2.36. The van der Waals surface area contributed by atoms with Crippen LogP contribution >= 0.6 is 0 Å². The summed E-state index contributed by atoms with van der Waals surface area (Å²) in [5.41, 5.74) is 7.52. The molecule has 206 valence electrons. The summed E-state index contributed by atoms with van der Waals surface area (Å²) in [7, 11) is 0. The van der Waals surface area contributed by atoms with E-state index in [-0.39, 0.29) is 0 Å². The van der Waals surface area contributed by atoms with Gasteiger partial charge in [0.25, 0.3) is 0 Å². The van der Waals surface area contributed by atoms with E-state index in [1.165, 1.54) is 16.5 Å². The minimum absolute atomic E-state index is 0.646. The molecule has 0 unspecified atom stereocenters. The van der Waals surface area contributed by atoms with Crippen LogP contribution in [0.5, 0.6) is 0 Å². The molecule has 8 aromatic rings. The Labute approximate surface area is 256 Å². The van der Waals surface area contributed by atoms with Gasteiger partial charge >= 0.3 is 0 Å². The molecule has 0 amide bonds. The van der Waals surface area contributed by atoms with Gasteiger partial charge in [0.1, 0.15) is 0 Å². The largest absolute Gasteiger partial charge is 0.208 e. The van der Waals surface area contributed by atoms with Crippen molar-refractivity contribution >= 4 is 21.5 Å². The van der Waals surface area contributed by atoms with E-state index in [2.05, 4.69) is 152 Å². The summed E-state index contributed by atoms with van der Waals surface area (Å²) in [4.78, 5) is 15.3. The van der Waals surface area contributed by atoms with Gasteiger partial charge in [-0.05, 0) is 62.0 Å².